The molecule has 0 aliphatic heterocycles. The third kappa shape index (κ3) is 3.53. The molecule has 0 aliphatic rings. The van der Waals surface area contributed by atoms with Crippen molar-refractivity contribution in [3.05, 3.63) is 0 Å². The Balaban J connectivity index is 3.33. The molecular weight excluding hydrogens is 100 g/mol. The van der Waals surface area contributed by atoms with Crippen molar-refractivity contribution in [3.63, 3.8) is 0 Å². The van der Waals surface area contributed by atoms with Crippen LogP contribution < -0.4 is 0 Å². The smallest absolute Gasteiger partial charge is 0.0491 e. The Morgan fingerprint density at radius 3 is 2.75 bits per heavy atom. The van der Waals surface area contributed by atoms with Crippen LogP contribution in [0.25, 0.3) is 0 Å². The molecule has 0 bridgehead atoms. The molecule has 2 heteroatoms. The van der Waals surface area contributed by atoms with Crippen molar-refractivity contribution in [3.8, 4) is 0 Å². The second-order valence-corrected chi connectivity index (χ2v) is 1.66. The van der Waals surface area contributed by atoms with E-state index < -0.39 is 0 Å². The van der Waals surface area contributed by atoms with Gasteiger partial charge in [-0.15, -0.1) is 0 Å². The van der Waals surface area contributed by atoms with Crippen LogP contribution in [0.4, 0.5) is 0 Å². The summed E-state index contributed by atoms with van der Waals surface area (Å²) < 4.78 is 0. The van der Waals surface area contributed by atoms with E-state index in [1.54, 1.807) is 13.3 Å². The van der Waals surface area contributed by atoms with Crippen LogP contribution >= 0.6 is 0 Å². The average Bonchev–Trinajstić information content (AvgIpc) is 1.68. The molecule has 0 amide bonds. The number of nitrogens with one attached hydrogen (secondary N) is 1. The Bertz CT molecular complexity index is 94.7. The Morgan fingerprint density at radius 1 is 1.75 bits per heavy atom. The summed E-state index contributed by atoms with van der Waals surface area (Å²) in [7, 11) is 1.68. The molecule has 0 fully saturated rings. The van der Waals surface area contributed by atoms with E-state index in [4.69, 9.17) is 5.41 Å². The molecule has 1 N–H and O–H groups in total. The molecule has 0 rings (SSSR count). The van der Waals surface area contributed by atoms with Crippen molar-refractivity contribution in [1.82, 2.24) is 0 Å². The van der Waals surface area contributed by atoms with E-state index in [1.807, 2.05) is 0 Å². The van der Waals surface area contributed by atoms with Crippen LogP contribution in [-0.2, 0) is 0 Å². The highest BCUT2D eigenvalue weighted by Gasteiger charge is 1.85. The second-order valence-electron chi connectivity index (χ2n) is 1.66. The lowest BCUT2D eigenvalue weighted by molar-refractivity contribution is 0.995. The van der Waals surface area contributed by atoms with Gasteiger partial charge in [0.05, 0.1) is 0 Å². The molecule has 8 heavy (non-hydrogen) atoms. The van der Waals surface area contributed by atoms with Gasteiger partial charge in [0.1, 0.15) is 0 Å². The van der Waals surface area contributed by atoms with Crippen LogP contribution in [0.2, 0.25) is 0 Å². The van der Waals surface area contributed by atoms with Crippen molar-refractivity contribution < 1.29 is 0 Å². The zero-order chi connectivity index (χ0) is 6.41. The Hall–Kier alpha value is -0.660. The molecule has 0 atom stereocenters. The average molecular weight is 112 g/mol. The second kappa shape index (κ2) is 4.50. The van der Waals surface area contributed by atoms with E-state index in [9.17, 15) is 0 Å². The summed E-state index contributed by atoms with van der Waals surface area (Å²) in [5.41, 5.74) is 0.620. The van der Waals surface area contributed by atoms with Gasteiger partial charge in [-0.1, -0.05) is 13.3 Å². The van der Waals surface area contributed by atoms with E-state index in [2.05, 4.69) is 11.9 Å². The van der Waals surface area contributed by atoms with Gasteiger partial charge >= 0.3 is 0 Å². The maximum absolute atomic E-state index is 7.14. The fraction of sp³-hybridized carbons (Fsp3) is 0.667. The summed E-state index contributed by atoms with van der Waals surface area (Å²) >= 11 is 0. The lowest BCUT2D eigenvalue weighted by atomic mass is 10.2. The number of nitrogens with zero attached hydrogens (tertiary/aromatic N) is 1. The molecule has 0 radical (unpaired) electrons. The predicted octanol–water partition coefficient (Wildman–Crippen LogP) is 1.51. The third-order valence-corrected chi connectivity index (χ3v) is 0.804. The Labute approximate surface area is 50.1 Å². The molecule has 0 aromatic rings. The fourth-order valence-electron chi connectivity index (χ4n) is 0.490. The lowest BCUT2D eigenvalue weighted by Gasteiger charge is -1.88. The van der Waals surface area contributed by atoms with Crippen molar-refractivity contribution in [2.45, 2.75) is 19.8 Å². The molecule has 0 saturated carbocycles. The Kier molecular flexibility index (Phi) is 4.13. The standard InChI is InChI=1S/C6H12N2/c1-3-4-6(7)5-8-2/h5,7H,3-4H2,1-2H3/b7-6?,8-5-. The van der Waals surface area contributed by atoms with E-state index >= 15 is 0 Å². The van der Waals surface area contributed by atoms with Crippen LogP contribution in [0.5, 0.6) is 0 Å². The first-order chi connectivity index (χ1) is 3.81. The van der Waals surface area contributed by atoms with Crippen LogP contribution in [0.15, 0.2) is 4.99 Å². The SMILES string of the molecule is CCCC(=N)/C=N\C. The quantitative estimate of drug-likeness (QED) is 0.537. The molecule has 0 aromatic heterocycles. The minimum absolute atomic E-state index is 0.620. The minimum Gasteiger partial charge on any atom is -0.304 e. The molecule has 0 unspecified atom stereocenters. The number of rotatable bonds is 3. The highest BCUT2D eigenvalue weighted by atomic mass is 14.6. The molecular formula is C6H12N2. The molecule has 0 aliphatic carbocycles. The van der Waals surface area contributed by atoms with Gasteiger partial charge in [0.15, 0.2) is 0 Å². The maximum Gasteiger partial charge on any atom is 0.0491 e. The van der Waals surface area contributed by atoms with Crippen molar-refractivity contribution in [2.24, 2.45) is 4.99 Å². The first kappa shape index (κ1) is 7.34. The molecule has 0 aromatic carbocycles. The lowest BCUT2D eigenvalue weighted by Crippen LogP contribution is -1.95. The van der Waals surface area contributed by atoms with E-state index in [0.29, 0.717) is 5.71 Å². The normalized spacial score (nSPS) is 10.2. The molecule has 0 saturated heterocycles. The van der Waals surface area contributed by atoms with E-state index in [0.717, 1.165) is 12.8 Å². The maximum atomic E-state index is 7.14. The summed E-state index contributed by atoms with van der Waals surface area (Å²) in [5, 5.41) is 7.14. The summed E-state index contributed by atoms with van der Waals surface area (Å²) in [5.74, 6) is 0. The van der Waals surface area contributed by atoms with Gasteiger partial charge < -0.3 is 5.41 Å². The van der Waals surface area contributed by atoms with Gasteiger partial charge in [-0.05, 0) is 6.42 Å². The molecule has 0 heterocycles. The fourth-order valence-corrected chi connectivity index (χ4v) is 0.490. The van der Waals surface area contributed by atoms with Crippen LogP contribution in [0, 0.1) is 5.41 Å². The zero-order valence-corrected chi connectivity index (χ0v) is 5.44. The third-order valence-electron chi connectivity index (χ3n) is 0.804. The van der Waals surface area contributed by atoms with Crippen LogP contribution in [-0.4, -0.2) is 19.0 Å². The summed E-state index contributed by atoms with van der Waals surface area (Å²) in [4.78, 5) is 3.70. The first-order valence-corrected chi connectivity index (χ1v) is 2.80. The number of hydrogen-bond donors (Lipinski definition) is 1. The molecule has 2 nitrogen and oxygen atoms in total. The van der Waals surface area contributed by atoms with Crippen molar-refractivity contribution in [1.29, 1.82) is 5.41 Å². The van der Waals surface area contributed by atoms with Crippen molar-refractivity contribution >= 4 is 11.9 Å². The highest BCUT2D eigenvalue weighted by Crippen LogP contribution is 1.85. The zero-order valence-electron chi connectivity index (χ0n) is 5.44. The highest BCUT2D eigenvalue weighted by molar-refractivity contribution is 6.28. The topological polar surface area (TPSA) is 36.2 Å². The van der Waals surface area contributed by atoms with Crippen LogP contribution in [0.1, 0.15) is 19.8 Å². The molecule has 46 valence electrons. The van der Waals surface area contributed by atoms with Crippen LogP contribution in [0.3, 0.4) is 0 Å². The van der Waals surface area contributed by atoms with Gasteiger partial charge in [0.2, 0.25) is 0 Å². The first-order valence-electron chi connectivity index (χ1n) is 2.80. The van der Waals surface area contributed by atoms with E-state index in [-0.39, 0.29) is 0 Å². The monoisotopic (exact) mass is 112 g/mol. The van der Waals surface area contributed by atoms with E-state index in [1.165, 1.54) is 0 Å². The summed E-state index contributed by atoms with van der Waals surface area (Å²) in [6.45, 7) is 2.05. The number of aliphatic imine (C=N–C) groups is 1. The van der Waals surface area contributed by atoms with Gasteiger partial charge in [0.25, 0.3) is 0 Å². The van der Waals surface area contributed by atoms with Gasteiger partial charge in [-0.25, -0.2) is 0 Å². The summed E-state index contributed by atoms with van der Waals surface area (Å²) in [6.07, 6.45) is 3.46. The largest absolute Gasteiger partial charge is 0.304 e. The Morgan fingerprint density at radius 2 is 2.38 bits per heavy atom. The number of hydrogen-bond acceptors (Lipinski definition) is 2. The van der Waals surface area contributed by atoms with Gasteiger partial charge in [0, 0.05) is 19.0 Å². The predicted molar refractivity (Wildman–Crippen MR) is 37.1 cm³/mol. The van der Waals surface area contributed by atoms with Gasteiger partial charge in [-0.2, -0.15) is 0 Å². The summed E-state index contributed by atoms with van der Waals surface area (Å²) in [6, 6.07) is 0. The minimum atomic E-state index is 0.620. The van der Waals surface area contributed by atoms with Gasteiger partial charge in [-0.3, -0.25) is 4.99 Å². The van der Waals surface area contributed by atoms with Crippen molar-refractivity contribution in [2.75, 3.05) is 7.05 Å². The molecule has 0 spiro atoms.